The van der Waals surface area contributed by atoms with Gasteiger partial charge in [-0.1, -0.05) is 5.21 Å². The Labute approximate surface area is 174 Å². The predicted octanol–water partition coefficient (Wildman–Crippen LogP) is 3.58. The highest BCUT2D eigenvalue weighted by atomic mass is 15.4. The van der Waals surface area contributed by atoms with Crippen LogP contribution >= 0.6 is 0 Å². The molecule has 0 radical (unpaired) electrons. The van der Waals surface area contributed by atoms with E-state index >= 15 is 0 Å². The lowest BCUT2D eigenvalue weighted by molar-refractivity contribution is 0.426. The average molecular weight is 403 g/mol. The molecule has 30 heavy (non-hydrogen) atoms. The molecule has 3 heterocycles. The summed E-state index contributed by atoms with van der Waals surface area (Å²) in [5.74, 6) is 1.36. The minimum atomic E-state index is 0.211. The van der Waals surface area contributed by atoms with Crippen molar-refractivity contribution in [3.8, 4) is 0 Å². The molecular formula is C21H25N9. The monoisotopic (exact) mass is 403 g/mol. The first-order valence-corrected chi connectivity index (χ1v) is 10.5. The first-order chi connectivity index (χ1) is 14.7. The Bertz CT molecular complexity index is 1150. The molecule has 0 aliphatic heterocycles. The summed E-state index contributed by atoms with van der Waals surface area (Å²) >= 11 is 0. The molecule has 1 aromatic carbocycles. The molecule has 154 valence electrons. The molecule has 1 fully saturated rings. The van der Waals surface area contributed by atoms with Crippen LogP contribution in [0.2, 0.25) is 0 Å². The van der Waals surface area contributed by atoms with Crippen molar-refractivity contribution >= 4 is 33.8 Å². The first kappa shape index (κ1) is 18.7. The Morgan fingerprint density at radius 1 is 0.933 bits per heavy atom. The second-order valence-electron chi connectivity index (χ2n) is 8.10. The summed E-state index contributed by atoms with van der Waals surface area (Å²) in [5, 5.41) is 16.5. The molecule has 0 saturated heterocycles. The molecule has 0 amide bonds. The Morgan fingerprint density at radius 2 is 1.63 bits per heavy atom. The second kappa shape index (κ2) is 7.81. The molecule has 1 saturated carbocycles. The van der Waals surface area contributed by atoms with E-state index in [9.17, 15) is 0 Å². The highest BCUT2D eigenvalue weighted by molar-refractivity contribution is 6.01. The lowest BCUT2D eigenvalue weighted by Crippen LogP contribution is -2.33. The number of nitrogens with one attached hydrogen (secondary N) is 2. The minimum Gasteiger partial charge on any atom is -0.351 e. The van der Waals surface area contributed by atoms with Crippen LogP contribution in [0.4, 0.5) is 11.9 Å². The third-order valence-corrected chi connectivity index (χ3v) is 5.63. The fourth-order valence-corrected chi connectivity index (χ4v) is 4.07. The van der Waals surface area contributed by atoms with Crippen molar-refractivity contribution in [3.63, 3.8) is 0 Å². The van der Waals surface area contributed by atoms with Crippen molar-refractivity contribution in [3.05, 3.63) is 36.8 Å². The van der Waals surface area contributed by atoms with E-state index in [-0.39, 0.29) is 6.04 Å². The van der Waals surface area contributed by atoms with Crippen LogP contribution in [0.1, 0.15) is 45.6 Å². The van der Waals surface area contributed by atoms with E-state index in [2.05, 4.69) is 49.7 Å². The van der Waals surface area contributed by atoms with Crippen molar-refractivity contribution in [2.45, 2.75) is 57.7 Å². The van der Waals surface area contributed by atoms with Gasteiger partial charge in [0, 0.05) is 42.1 Å². The zero-order chi connectivity index (χ0) is 20.5. The van der Waals surface area contributed by atoms with Gasteiger partial charge in [-0.2, -0.15) is 0 Å². The smallest absolute Gasteiger partial charge is 0.223 e. The van der Waals surface area contributed by atoms with E-state index in [1.807, 2.05) is 29.1 Å². The summed E-state index contributed by atoms with van der Waals surface area (Å²) in [7, 11) is 0. The van der Waals surface area contributed by atoms with Gasteiger partial charge in [-0.05, 0) is 57.7 Å². The van der Waals surface area contributed by atoms with Gasteiger partial charge in [0.15, 0.2) is 0 Å². The molecule has 1 aliphatic carbocycles. The number of hydrogen-bond donors (Lipinski definition) is 2. The van der Waals surface area contributed by atoms with Crippen LogP contribution < -0.4 is 10.6 Å². The molecule has 2 N–H and O–H groups in total. The predicted molar refractivity (Wildman–Crippen MR) is 116 cm³/mol. The topological polar surface area (TPSA) is 106 Å². The van der Waals surface area contributed by atoms with Crippen molar-refractivity contribution in [2.75, 3.05) is 10.6 Å². The molecule has 0 unspecified atom stereocenters. The Morgan fingerprint density at radius 3 is 2.33 bits per heavy atom. The van der Waals surface area contributed by atoms with Crippen LogP contribution in [0.25, 0.3) is 21.9 Å². The highest BCUT2D eigenvalue weighted by Gasteiger charge is 2.22. The Balaban J connectivity index is 1.31. The fourth-order valence-electron chi connectivity index (χ4n) is 4.07. The molecule has 0 spiro atoms. The van der Waals surface area contributed by atoms with Gasteiger partial charge in [0.05, 0.1) is 0 Å². The number of anilines is 2. The number of benzene rings is 1. The third-order valence-electron chi connectivity index (χ3n) is 5.63. The summed E-state index contributed by atoms with van der Waals surface area (Å²) in [6.07, 6.45) is 9.59. The molecule has 1 aliphatic rings. The first-order valence-electron chi connectivity index (χ1n) is 10.5. The SMILES string of the molecule is CC(C)n1nnc2ccc3cnc(N[C@H]4CC[C@H](Nc5ncccn5)CC4)nc3c21. The summed E-state index contributed by atoms with van der Waals surface area (Å²) < 4.78 is 1.93. The fraction of sp³-hybridized carbons (Fsp3) is 0.429. The van der Waals surface area contributed by atoms with E-state index in [1.54, 1.807) is 12.4 Å². The van der Waals surface area contributed by atoms with Gasteiger partial charge in [-0.3, -0.25) is 0 Å². The normalized spacial score (nSPS) is 19.4. The maximum Gasteiger partial charge on any atom is 0.223 e. The Hall–Kier alpha value is -3.36. The second-order valence-corrected chi connectivity index (χ2v) is 8.10. The maximum atomic E-state index is 4.84. The quantitative estimate of drug-likeness (QED) is 0.521. The van der Waals surface area contributed by atoms with Gasteiger partial charge in [-0.25, -0.2) is 24.6 Å². The van der Waals surface area contributed by atoms with E-state index in [0.717, 1.165) is 47.6 Å². The van der Waals surface area contributed by atoms with Crippen LogP contribution in [-0.4, -0.2) is 47.0 Å². The number of hydrogen-bond acceptors (Lipinski definition) is 8. The zero-order valence-corrected chi connectivity index (χ0v) is 17.2. The molecule has 0 atom stereocenters. The molecule has 4 aromatic rings. The lowest BCUT2D eigenvalue weighted by Gasteiger charge is -2.29. The van der Waals surface area contributed by atoms with Crippen LogP contribution in [0.5, 0.6) is 0 Å². The standard InChI is InChI=1S/C21H25N9/c1-13(2)30-19-17(28-29-30)9-4-14-12-24-21(27-18(14)19)26-16-7-5-15(6-8-16)25-20-22-10-3-11-23-20/h3-4,9-13,15-16H,5-8H2,1-2H3,(H,22,23,25)(H,24,26,27)/t15-,16-. The summed E-state index contributed by atoms with van der Waals surface area (Å²) in [6, 6.07) is 6.77. The van der Waals surface area contributed by atoms with Crippen molar-refractivity contribution in [1.82, 2.24) is 34.9 Å². The van der Waals surface area contributed by atoms with Crippen molar-refractivity contribution in [2.24, 2.45) is 0 Å². The molecule has 9 heteroatoms. The Kier molecular flexibility index (Phi) is 4.86. The van der Waals surface area contributed by atoms with Crippen LogP contribution in [0.15, 0.2) is 36.8 Å². The number of nitrogens with zero attached hydrogens (tertiary/aromatic N) is 7. The largest absolute Gasteiger partial charge is 0.351 e. The number of rotatable bonds is 5. The van der Waals surface area contributed by atoms with E-state index < -0.39 is 0 Å². The van der Waals surface area contributed by atoms with Gasteiger partial charge < -0.3 is 10.6 Å². The van der Waals surface area contributed by atoms with Crippen LogP contribution in [-0.2, 0) is 0 Å². The molecule has 5 rings (SSSR count). The summed E-state index contributed by atoms with van der Waals surface area (Å²) in [5.41, 5.74) is 2.71. The minimum absolute atomic E-state index is 0.211. The zero-order valence-electron chi connectivity index (χ0n) is 17.2. The van der Waals surface area contributed by atoms with Gasteiger partial charge in [0.1, 0.15) is 16.6 Å². The average Bonchev–Trinajstić information content (AvgIpc) is 3.21. The number of aromatic nitrogens is 7. The lowest BCUT2D eigenvalue weighted by atomic mass is 9.91. The van der Waals surface area contributed by atoms with E-state index in [1.165, 1.54) is 0 Å². The molecule has 3 aromatic heterocycles. The van der Waals surface area contributed by atoms with Crippen LogP contribution in [0.3, 0.4) is 0 Å². The third kappa shape index (κ3) is 3.62. The van der Waals surface area contributed by atoms with Gasteiger partial charge in [-0.15, -0.1) is 5.10 Å². The van der Waals surface area contributed by atoms with E-state index in [0.29, 0.717) is 24.0 Å². The molecular weight excluding hydrogens is 378 g/mol. The van der Waals surface area contributed by atoms with Crippen molar-refractivity contribution in [1.29, 1.82) is 0 Å². The summed E-state index contributed by atoms with van der Waals surface area (Å²) in [6.45, 7) is 4.19. The molecule has 0 bridgehead atoms. The summed E-state index contributed by atoms with van der Waals surface area (Å²) in [4.78, 5) is 17.9. The molecule has 9 nitrogen and oxygen atoms in total. The van der Waals surface area contributed by atoms with E-state index in [4.69, 9.17) is 4.98 Å². The van der Waals surface area contributed by atoms with Gasteiger partial charge >= 0.3 is 0 Å². The van der Waals surface area contributed by atoms with Crippen molar-refractivity contribution < 1.29 is 0 Å². The highest BCUT2D eigenvalue weighted by Crippen LogP contribution is 2.27. The van der Waals surface area contributed by atoms with Gasteiger partial charge in [0.25, 0.3) is 0 Å². The number of fused-ring (bicyclic) bond motifs is 3. The van der Waals surface area contributed by atoms with Gasteiger partial charge in [0.2, 0.25) is 11.9 Å². The maximum absolute atomic E-state index is 4.84. The van der Waals surface area contributed by atoms with Crippen LogP contribution in [0, 0.1) is 0 Å².